The average Bonchev–Trinajstić information content (AvgIpc) is 2.60. The van der Waals surface area contributed by atoms with Gasteiger partial charge in [0.1, 0.15) is 0 Å². The number of rotatable bonds is 4. The lowest BCUT2D eigenvalue weighted by molar-refractivity contribution is 0.292. The monoisotopic (exact) mass is 229 g/mol. The van der Waals surface area contributed by atoms with Crippen LogP contribution in [0.3, 0.4) is 0 Å². The number of thiophene rings is 1. The molecular formula is C10H15NOS2. The molecule has 78 valence electrons. The van der Waals surface area contributed by atoms with Crippen molar-refractivity contribution in [1.82, 2.24) is 5.32 Å². The van der Waals surface area contributed by atoms with Crippen molar-refractivity contribution in [3.8, 4) is 0 Å². The van der Waals surface area contributed by atoms with Gasteiger partial charge < -0.3 is 10.4 Å². The summed E-state index contributed by atoms with van der Waals surface area (Å²) in [5.74, 6) is 2.46. The Kier molecular flexibility index (Phi) is 3.87. The number of aliphatic hydroxyl groups is 1. The standard InChI is InChI=1S/C10H15NOS2/c12-3-2-11-6-9-5-8-7-13-4-1-10(8)14-9/h5,11-12H,1-4,6-7H2. The average molecular weight is 229 g/mol. The third-order valence-corrected chi connectivity index (χ3v) is 4.51. The van der Waals surface area contributed by atoms with Crippen LogP contribution >= 0.6 is 23.1 Å². The van der Waals surface area contributed by atoms with Gasteiger partial charge in [0, 0.05) is 28.6 Å². The van der Waals surface area contributed by atoms with Crippen LogP contribution in [-0.4, -0.2) is 24.0 Å². The first kappa shape index (κ1) is 10.5. The fraction of sp³-hybridized carbons (Fsp3) is 0.600. The molecule has 0 radical (unpaired) electrons. The van der Waals surface area contributed by atoms with Gasteiger partial charge in [0.15, 0.2) is 0 Å². The molecule has 0 unspecified atom stereocenters. The Bertz CT molecular complexity index is 275. The second kappa shape index (κ2) is 5.16. The minimum atomic E-state index is 0.223. The maximum atomic E-state index is 8.64. The van der Waals surface area contributed by atoms with Crippen LogP contribution in [0.2, 0.25) is 0 Å². The van der Waals surface area contributed by atoms with E-state index in [-0.39, 0.29) is 6.61 Å². The molecule has 1 aromatic heterocycles. The van der Waals surface area contributed by atoms with Crippen molar-refractivity contribution in [2.75, 3.05) is 18.9 Å². The van der Waals surface area contributed by atoms with Gasteiger partial charge in [-0.05, 0) is 23.8 Å². The highest BCUT2D eigenvalue weighted by Gasteiger charge is 2.12. The summed E-state index contributed by atoms with van der Waals surface area (Å²) in [6.45, 7) is 1.82. The topological polar surface area (TPSA) is 32.3 Å². The Morgan fingerprint density at radius 3 is 3.21 bits per heavy atom. The van der Waals surface area contributed by atoms with Crippen LogP contribution in [-0.2, 0) is 18.7 Å². The Labute approximate surface area is 92.7 Å². The second-order valence-corrected chi connectivity index (χ2v) is 5.69. The first-order chi connectivity index (χ1) is 6.90. The molecule has 0 atom stereocenters. The molecule has 0 aromatic carbocycles. The van der Waals surface area contributed by atoms with E-state index in [1.807, 2.05) is 23.1 Å². The number of aryl methyl sites for hydroxylation is 1. The van der Waals surface area contributed by atoms with Crippen molar-refractivity contribution in [2.45, 2.75) is 18.7 Å². The summed E-state index contributed by atoms with van der Waals surface area (Å²) in [6.07, 6.45) is 1.24. The molecule has 0 aliphatic carbocycles. The minimum Gasteiger partial charge on any atom is -0.395 e. The molecule has 2 N–H and O–H groups in total. The van der Waals surface area contributed by atoms with Crippen molar-refractivity contribution >= 4 is 23.1 Å². The van der Waals surface area contributed by atoms with Crippen LogP contribution in [0.25, 0.3) is 0 Å². The highest BCUT2D eigenvalue weighted by Crippen LogP contribution is 2.31. The first-order valence-corrected chi connectivity index (χ1v) is 6.87. The lowest BCUT2D eigenvalue weighted by atomic mass is 10.2. The summed E-state index contributed by atoms with van der Waals surface area (Å²) in [5.41, 5.74) is 1.53. The summed E-state index contributed by atoms with van der Waals surface area (Å²) in [4.78, 5) is 2.98. The van der Waals surface area contributed by atoms with E-state index in [4.69, 9.17) is 5.11 Å². The van der Waals surface area contributed by atoms with Gasteiger partial charge in [-0.25, -0.2) is 0 Å². The Morgan fingerprint density at radius 2 is 2.43 bits per heavy atom. The first-order valence-electron chi connectivity index (χ1n) is 4.90. The maximum absolute atomic E-state index is 8.64. The van der Waals surface area contributed by atoms with Gasteiger partial charge in [-0.1, -0.05) is 0 Å². The van der Waals surface area contributed by atoms with E-state index in [2.05, 4.69) is 11.4 Å². The quantitative estimate of drug-likeness (QED) is 0.770. The van der Waals surface area contributed by atoms with Crippen molar-refractivity contribution in [3.63, 3.8) is 0 Å². The third-order valence-electron chi connectivity index (χ3n) is 2.27. The zero-order chi connectivity index (χ0) is 9.80. The van der Waals surface area contributed by atoms with Crippen LogP contribution in [0.1, 0.15) is 15.3 Å². The van der Waals surface area contributed by atoms with Crippen LogP contribution < -0.4 is 5.32 Å². The summed E-state index contributed by atoms with van der Waals surface area (Å²) in [5, 5.41) is 11.9. The number of thioether (sulfide) groups is 1. The number of hydrogen-bond donors (Lipinski definition) is 2. The lowest BCUT2D eigenvalue weighted by Crippen LogP contribution is -2.16. The number of nitrogens with one attached hydrogen (secondary N) is 1. The fourth-order valence-electron chi connectivity index (χ4n) is 1.59. The molecule has 0 saturated carbocycles. The fourth-order valence-corrected chi connectivity index (χ4v) is 3.94. The van der Waals surface area contributed by atoms with Gasteiger partial charge >= 0.3 is 0 Å². The van der Waals surface area contributed by atoms with Gasteiger partial charge in [0.25, 0.3) is 0 Å². The van der Waals surface area contributed by atoms with Gasteiger partial charge in [0.05, 0.1) is 6.61 Å². The van der Waals surface area contributed by atoms with E-state index in [9.17, 15) is 0 Å². The molecule has 4 heteroatoms. The lowest BCUT2D eigenvalue weighted by Gasteiger charge is -2.08. The highest BCUT2D eigenvalue weighted by molar-refractivity contribution is 7.98. The second-order valence-electron chi connectivity index (χ2n) is 3.36. The SMILES string of the molecule is OCCNCc1cc2c(s1)CCSC2. The van der Waals surface area contributed by atoms with E-state index in [0.717, 1.165) is 6.54 Å². The van der Waals surface area contributed by atoms with Crippen LogP contribution in [0.5, 0.6) is 0 Å². The predicted octanol–water partition coefficient (Wildman–Crippen LogP) is 1.62. The maximum Gasteiger partial charge on any atom is 0.0556 e. The van der Waals surface area contributed by atoms with Crippen molar-refractivity contribution in [3.05, 3.63) is 21.4 Å². The Balaban J connectivity index is 1.94. The Morgan fingerprint density at radius 1 is 1.50 bits per heavy atom. The molecular weight excluding hydrogens is 214 g/mol. The predicted molar refractivity (Wildman–Crippen MR) is 63.0 cm³/mol. The zero-order valence-electron chi connectivity index (χ0n) is 8.08. The van der Waals surface area contributed by atoms with Crippen molar-refractivity contribution in [2.24, 2.45) is 0 Å². The zero-order valence-corrected chi connectivity index (χ0v) is 9.72. The minimum absolute atomic E-state index is 0.223. The van der Waals surface area contributed by atoms with Gasteiger partial charge in [0.2, 0.25) is 0 Å². The molecule has 2 heterocycles. The van der Waals surface area contributed by atoms with Crippen LogP contribution in [0.4, 0.5) is 0 Å². The normalized spacial score (nSPS) is 15.5. The summed E-state index contributed by atoms with van der Waals surface area (Å²) < 4.78 is 0. The number of aliphatic hydroxyl groups excluding tert-OH is 1. The van der Waals surface area contributed by atoms with E-state index in [1.54, 1.807) is 4.88 Å². The number of hydrogen-bond acceptors (Lipinski definition) is 4. The molecule has 0 saturated heterocycles. The molecule has 0 bridgehead atoms. The highest BCUT2D eigenvalue weighted by atomic mass is 32.2. The molecule has 2 nitrogen and oxygen atoms in total. The smallest absolute Gasteiger partial charge is 0.0556 e. The Hall–Kier alpha value is -0.0300. The molecule has 1 aliphatic rings. The van der Waals surface area contributed by atoms with Crippen LogP contribution in [0, 0.1) is 0 Å². The molecule has 1 aliphatic heterocycles. The van der Waals surface area contributed by atoms with E-state index < -0.39 is 0 Å². The third kappa shape index (κ3) is 2.51. The molecule has 1 aromatic rings. The summed E-state index contributed by atoms with van der Waals surface area (Å²) in [7, 11) is 0. The molecule has 0 amide bonds. The van der Waals surface area contributed by atoms with E-state index >= 15 is 0 Å². The van der Waals surface area contributed by atoms with Crippen molar-refractivity contribution in [1.29, 1.82) is 0 Å². The molecule has 0 fully saturated rings. The molecule has 2 rings (SSSR count). The van der Waals surface area contributed by atoms with Crippen LogP contribution in [0.15, 0.2) is 6.07 Å². The summed E-state index contributed by atoms with van der Waals surface area (Å²) in [6, 6.07) is 2.32. The van der Waals surface area contributed by atoms with Crippen molar-refractivity contribution < 1.29 is 5.11 Å². The van der Waals surface area contributed by atoms with Gasteiger partial charge in [-0.2, -0.15) is 11.8 Å². The number of fused-ring (bicyclic) bond motifs is 1. The largest absolute Gasteiger partial charge is 0.395 e. The van der Waals surface area contributed by atoms with Gasteiger partial charge in [-0.15, -0.1) is 11.3 Å². The van der Waals surface area contributed by atoms with Gasteiger partial charge in [-0.3, -0.25) is 0 Å². The molecule has 0 spiro atoms. The molecule has 14 heavy (non-hydrogen) atoms. The summed E-state index contributed by atoms with van der Waals surface area (Å²) >= 11 is 3.95. The van der Waals surface area contributed by atoms with E-state index in [0.29, 0.717) is 6.54 Å². The van der Waals surface area contributed by atoms with E-state index in [1.165, 1.54) is 28.4 Å².